The molecule has 2 aliphatic rings. The van der Waals surface area contributed by atoms with Crippen LogP contribution in [0.25, 0.3) is 22.2 Å². The van der Waals surface area contributed by atoms with E-state index in [0.717, 1.165) is 4.90 Å². The molecule has 0 saturated carbocycles. The Balaban J connectivity index is 1.58. The first-order chi connectivity index (χ1) is 20.3. The summed E-state index contributed by atoms with van der Waals surface area (Å²) < 4.78 is 91.9. The summed E-state index contributed by atoms with van der Waals surface area (Å²) in [5, 5.41) is 0.0372. The third-order valence-corrected chi connectivity index (χ3v) is 10.4. The Hall–Kier alpha value is -3.78. The van der Waals surface area contributed by atoms with Crippen LogP contribution in [0.15, 0.2) is 48.5 Å². The van der Waals surface area contributed by atoms with Crippen molar-refractivity contribution in [2.45, 2.75) is 32.0 Å². The van der Waals surface area contributed by atoms with E-state index in [1.165, 1.54) is 38.0 Å². The number of hydrogen-bond acceptors (Lipinski definition) is 5. The van der Waals surface area contributed by atoms with Gasteiger partial charge in [-0.2, -0.15) is 8.78 Å². The highest BCUT2D eigenvalue weighted by Gasteiger charge is 2.45. The van der Waals surface area contributed by atoms with Gasteiger partial charge in [-0.3, -0.25) is 4.79 Å². The molecule has 0 spiro atoms. The van der Waals surface area contributed by atoms with Crippen molar-refractivity contribution in [1.29, 1.82) is 0 Å². The van der Waals surface area contributed by atoms with Gasteiger partial charge in [-0.25, -0.2) is 9.37 Å². The zero-order valence-corrected chi connectivity index (χ0v) is 22.7. The summed E-state index contributed by atoms with van der Waals surface area (Å²) >= 11 is 0. The number of benzene rings is 3. The van der Waals surface area contributed by atoms with E-state index in [-0.39, 0.29) is 46.3 Å². The number of methoxy groups -OCH3 is 1. The monoisotopic (exact) mass is 572 g/mol. The molecule has 0 fully saturated rings. The van der Waals surface area contributed by atoms with Crippen molar-refractivity contribution in [2.24, 2.45) is 0 Å². The second kappa shape index (κ2) is 9.41. The molecule has 2 aliphatic heterocycles. The molecular formula is C29H27F3N3O4P. The maximum Gasteiger partial charge on any atom is 0.387 e. The SMILES string of the molecule is [2H]C([2H])([2H])N1C(=O)c2cccc(OC(F)F)c2[C@H]2C[C@@H]1c1nc3ccc(-c4cc(F)c(P(C)(=O)CC)c(OC)c4)cc3n12. The zero-order valence-electron chi connectivity index (χ0n) is 24.8. The topological polar surface area (TPSA) is 73.7 Å². The number of carbonyl (C=O) groups excluding carboxylic acids is 1. The Morgan fingerprint density at radius 3 is 2.65 bits per heavy atom. The molecule has 2 bridgehead atoms. The zero-order chi connectivity index (χ0) is 31.0. The van der Waals surface area contributed by atoms with Crippen LogP contribution in [-0.2, 0) is 4.57 Å². The molecular weight excluding hydrogens is 542 g/mol. The first-order valence-corrected chi connectivity index (χ1v) is 15.0. The first kappa shape index (κ1) is 23.0. The van der Waals surface area contributed by atoms with E-state index < -0.39 is 44.5 Å². The van der Waals surface area contributed by atoms with Crippen LogP contribution in [0.2, 0.25) is 0 Å². The number of fused-ring (bicyclic) bond motifs is 9. The molecule has 1 unspecified atom stereocenters. The lowest BCUT2D eigenvalue weighted by atomic mass is 9.97. The highest BCUT2D eigenvalue weighted by atomic mass is 31.2. The van der Waals surface area contributed by atoms with Crippen molar-refractivity contribution in [2.75, 3.05) is 26.9 Å². The lowest BCUT2D eigenvalue weighted by molar-refractivity contribution is -0.0507. The van der Waals surface area contributed by atoms with Crippen LogP contribution < -0.4 is 14.8 Å². The number of amides is 1. The third-order valence-electron chi connectivity index (χ3n) is 7.81. The molecule has 7 nitrogen and oxygen atoms in total. The fraction of sp³-hybridized carbons (Fsp3) is 0.310. The van der Waals surface area contributed by atoms with Gasteiger partial charge >= 0.3 is 6.61 Å². The number of nitrogens with zero attached hydrogens (tertiary/aromatic N) is 3. The molecule has 0 saturated heterocycles. The van der Waals surface area contributed by atoms with Crippen LogP contribution in [0.5, 0.6) is 11.5 Å². The Labute approximate surface area is 233 Å². The summed E-state index contributed by atoms with van der Waals surface area (Å²) in [5.41, 5.74) is 2.08. The molecule has 1 aromatic heterocycles. The van der Waals surface area contributed by atoms with Crippen molar-refractivity contribution in [1.82, 2.24) is 14.5 Å². The largest absolute Gasteiger partial charge is 0.496 e. The highest BCUT2D eigenvalue weighted by Crippen LogP contribution is 2.50. The van der Waals surface area contributed by atoms with Gasteiger partial charge in [-0.1, -0.05) is 19.1 Å². The highest BCUT2D eigenvalue weighted by molar-refractivity contribution is 7.71. The van der Waals surface area contributed by atoms with Crippen LogP contribution in [0.3, 0.4) is 0 Å². The number of halogens is 3. The molecule has 0 N–H and O–H groups in total. The van der Waals surface area contributed by atoms with Crippen molar-refractivity contribution >= 4 is 29.4 Å². The van der Waals surface area contributed by atoms with E-state index in [9.17, 15) is 18.1 Å². The van der Waals surface area contributed by atoms with Gasteiger partial charge in [-0.05, 0) is 54.2 Å². The maximum atomic E-state index is 15.4. The average Bonchev–Trinajstić information content (AvgIpc) is 3.44. The molecule has 3 heterocycles. The van der Waals surface area contributed by atoms with Crippen molar-refractivity contribution in [3.05, 3.63) is 71.3 Å². The Bertz CT molecular complexity index is 1850. The molecule has 0 aliphatic carbocycles. The van der Waals surface area contributed by atoms with E-state index in [1.807, 2.05) is 0 Å². The number of ether oxygens (including phenoxy) is 2. The summed E-state index contributed by atoms with van der Waals surface area (Å²) in [7, 11) is -1.64. The van der Waals surface area contributed by atoms with E-state index in [0.29, 0.717) is 22.2 Å². The average molecular weight is 573 g/mol. The fourth-order valence-electron chi connectivity index (χ4n) is 5.80. The summed E-state index contributed by atoms with van der Waals surface area (Å²) in [5.74, 6) is -1.28. The molecule has 11 heteroatoms. The van der Waals surface area contributed by atoms with Crippen molar-refractivity contribution < 1.29 is 36.1 Å². The minimum atomic E-state index is -3.18. The van der Waals surface area contributed by atoms with E-state index >= 15 is 4.39 Å². The molecule has 6 rings (SSSR count). The minimum Gasteiger partial charge on any atom is -0.496 e. The quantitative estimate of drug-likeness (QED) is 0.257. The minimum absolute atomic E-state index is 0.0372. The summed E-state index contributed by atoms with van der Waals surface area (Å²) in [6.07, 6.45) is 0.327. The molecule has 4 aromatic rings. The van der Waals surface area contributed by atoms with E-state index in [1.54, 1.807) is 35.8 Å². The molecule has 3 atom stereocenters. The predicted octanol–water partition coefficient (Wildman–Crippen LogP) is 6.21. The van der Waals surface area contributed by atoms with Crippen LogP contribution in [0.1, 0.15) is 51.3 Å². The normalized spacial score (nSPS) is 20.8. The first-order valence-electron chi connectivity index (χ1n) is 14.1. The van der Waals surface area contributed by atoms with Crippen LogP contribution in [0, 0.1) is 5.82 Å². The van der Waals surface area contributed by atoms with Gasteiger partial charge in [0.1, 0.15) is 30.3 Å². The Kier molecular flexibility index (Phi) is 5.40. The molecule has 3 aromatic carbocycles. The number of hydrogen-bond donors (Lipinski definition) is 0. The predicted molar refractivity (Wildman–Crippen MR) is 146 cm³/mol. The van der Waals surface area contributed by atoms with Gasteiger partial charge in [0.05, 0.1) is 35.5 Å². The van der Waals surface area contributed by atoms with Crippen molar-refractivity contribution in [3.63, 3.8) is 0 Å². The van der Waals surface area contributed by atoms with Gasteiger partial charge in [0.2, 0.25) is 0 Å². The second-order valence-electron chi connectivity index (χ2n) is 10.0. The third kappa shape index (κ3) is 3.91. The molecule has 40 heavy (non-hydrogen) atoms. The number of rotatable bonds is 6. The van der Waals surface area contributed by atoms with Crippen molar-refractivity contribution in [3.8, 4) is 22.6 Å². The van der Waals surface area contributed by atoms with Gasteiger partial charge in [0, 0.05) is 34.8 Å². The van der Waals surface area contributed by atoms with Gasteiger partial charge in [-0.15, -0.1) is 0 Å². The lowest BCUT2D eigenvalue weighted by Gasteiger charge is -2.24. The van der Waals surface area contributed by atoms with Crippen LogP contribution in [-0.4, -0.2) is 53.9 Å². The number of carbonyl (C=O) groups is 1. The standard InChI is InChI=1S/C29H27F3N3O4P/c1-5-40(4,37)26-18(30)11-16(13-24(26)38-3)15-9-10-19-20(12-15)35-21-14-22(27(35)33-19)34(2)28(36)17-7-6-8-23(25(17)21)39-29(31)32/h6-13,21-22,29H,5,14H2,1-4H3/t21-,22-,40?/m1/s1/i2D3. The van der Waals surface area contributed by atoms with Crippen LogP contribution >= 0.6 is 7.14 Å². The molecule has 208 valence electrons. The van der Waals surface area contributed by atoms with Gasteiger partial charge in [0.25, 0.3) is 5.91 Å². The summed E-state index contributed by atoms with van der Waals surface area (Å²) in [6.45, 7) is -2.80. The summed E-state index contributed by atoms with van der Waals surface area (Å²) in [6, 6.07) is 10.4. The van der Waals surface area contributed by atoms with E-state index in [4.69, 9.17) is 13.6 Å². The lowest BCUT2D eigenvalue weighted by Crippen LogP contribution is -2.30. The smallest absolute Gasteiger partial charge is 0.387 e. The Morgan fingerprint density at radius 1 is 1.15 bits per heavy atom. The number of alkyl halides is 2. The summed E-state index contributed by atoms with van der Waals surface area (Å²) in [4.78, 5) is 19.1. The van der Waals surface area contributed by atoms with Crippen LogP contribution in [0.4, 0.5) is 13.2 Å². The number of imidazole rings is 1. The van der Waals surface area contributed by atoms with Gasteiger partial charge < -0.3 is 23.5 Å². The fourth-order valence-corrected chi connectivity index (χ4v) is 7.26. The number of aromatic nitrogens is 2. The maximum absolute atomic E-state index is 15.4. The molecule has 1 amide bonds. The van der Waals surface area contributed by atoms with Gasteiger partial charge in [0.15, 0.2) is 0 Å². The Morgan fingerprint density at radius 2 is 1.95 bits per heavy atom. The molecule has 0 radical (unpaired) electrons. The second-order valence-corrected chi connectivity index (χ2v) is 13.3. The van der Waals surface area contributed by atoms with E-state index in [2.05, 4.69) is 4.98 Å².